The molecule has 0 aliphatic heterocycles. The van der Waals surface area contributed by atoms with Crippen molar-refractivity contribution in [2.24, 2.45) is 0 Å². The summed E-state index contributed by atoms with van der Waals surface area (Å²) in [5.74, 6) is -1.70. The Kier molecular flexibility index (Phi) is 4.62. The van der Waals surface area contributed by atoms with E-state index in [1.165, 1.54) is 0 Å². The fourth-order valence-corrected chi connectivity index (χ4v) is 1.51. The second kappa shape index (κ2) is 5.98. The molecule has 1 rings (SSSR count). The summed E-state index contributed by atoms with van der Waals surface area (Å²) in [7, 11) is 0. The van der Waals surface area contributed by atoms with Gasteiger partial charge in [0.25, 0.3) is 11.1 Å². The molecule has 0 aromatic carbocycles. The zero-order chi connectivity index (χ0) is 14.6. The van der Waals surface area contributed by atoms with Gasteiger partial charge in [0, 0.05) is 18.2 Å². The molecular weight excluding hydrogens is 254 g/mol. The third-order valence-electron chi connectivity index (χ3n) is 2.43. The summed E-state index contributed by atoms with van der Waals surface area (Å²) >= 11 is 0. The van der Waals surface area contributed by atoms with Crippen LogP contribution in [-0.4, -0.2) is 44.3 Å². The molecule has 0 fully saturated rings. The van der Waals surface area contributed by atoms with Crippen molar-refractivity contribution in [2.75, 3.05) is 6.54 Å². The van der Waals surface area contributed by atoms with E-state index in [1.54, 1.807) is 13.8 Å². The molecule has 1 aromatic heterocycles. The quantitative estimate of drug-likeness (QED) is 0.701. The largest absolute Gasteiger partial charge is 0.480 e. The first-order chi connectivity index (χ1) is 8.81. The first-order valence-electron chi connectivity index (χ1n) is 5.62. The van der Waals surface area contributed by atoms with Crippen LogP contribution in [0.2, 0.25) is 0 Å². The maximum absolute atomic E-state index is 11.9. The summed E-state index contributed by atoms with van der Waals surface area (Å²) in [6, 6.07) is 1.78. The van der Waals surface area contributed by atoms with E-state index in [0.717, 1.165) is 21.7 Å². The van der Waals surface area contributed by atoms with Crippen molar-refractivity contribution < 1.29 is 14.7 Å². The molecule has 0 saturated heterocycles. The number of aromatic amines is 1. The van der Waals surface area contributed by atoms with Gasteiger partial charge < -0.3 is 10.0 Å². The van der Waals surface area contributed by atoms with Crippen LogP contribution in [0.15, 0.2) is 21.7 Å². The molecule has 0 aliphatic carbocycles. The Bertz CT molecular complexity index is 586. The number of carboxylic acids is 1. The Morgan fingerprint density at radius 3 is 2.53 bits per heavy atom. The molecule has 1 aromatic rings. The van der Waals surface area contributed by atoms with E-state index in [-0.39, 0.29) is 6.04 Å². The number of aliphatic carboxylic acids is 1. The topological polar surface area (TPSA) is 112 Å². The number of carboxylic acid groups (broad SMARTS) is 1. The van der Waals surface area contributed by atoms with Crippen LogP contribution in [-0.2, 0) is 16.1 Å². The number of carbonyl (C=O) groups excluding carboxylic acids is 1. The monoisotopic (exact) mass is 269 g/mol. The number of rotatable bonds is 5. The number of H-pyrrole nitrogens is 1. The van der Waals surface area contributed by atoms with Crippen molar-refractivity contribution >= 4 is 11.9 Å². The zero-order valence-electron chi connectivity index (χ0n) is 10.6. The minimum atomic E-state index is -1.14. The van der Waals surface area contributed by atoms with Crippen molar-refractivity contribution in [1.82, 2.24) is 14.7 Å². The summed E-state index contributed by atoms with van der Waals surface area (Å²) in [5.41, 5.74) is -1.05. The Labute approximate surface area is 108 Å². The van der Waals surface area contributed by atoms with Crippen molar-refractivity contribution in [3.05, 3.63) is 32.8 Å². The number of hydrogen-bond acceptors (Lipinski definition) is 4. The average Bonchev–Trinajstić information content (AvgIpc) is 2.30. The van der Waals surface area contributed by atoms with E-state index in [9.17, 15) is 19.2 Å². The Hall–Kier alpha value is -2.38. The maximum Gasteiger partial charge on any atom is 0.323 e. The lowest BCUT2D eigenvalue weighted by Crippen LogP contribution is -2.44. The van der Waals surface area contributed by atoms with Crippen LogP contribution >= 0.6 is 0 Å². The van der Waals surface area contributed by atoms with Crippen molar-refractivity contribution in [2.45, 2.75) is 26.4 Å². The summed E-state index contributed by atoms with van der Waals surface area (Å²) in [6.45, 7) is 2.47. The van der Waals surface area contributed by atoms with Gasteiger partial charge in [-0.25, -0.2) is 4.68 Å². The second-order valence-electron chi connectivity index (χ2n) is 4.24. The average molecular weight is 269 g/mol. The standard InChI is InChI=1S/C11H15N3O5/c1-7(2)13(6-11(18)19)10(17)5-14-9(16)4-3-8(15)12-14/h3-4,7H,5-6H2,1-2H3,(H,12,15)(H,18,19). The third-order valence-corrected chi connectivity index (χ3v) is 2.43. The van der Waals surface area contributed by atoms with Crippen LogP contribution in [0.4, 0.5) is 0 Å². The van der Waals surface area contributed by atoms with Gasteiger partial charge in [-0.05, 0) is 13.8 Å². The predicted octanol–water partition coefficient (Wildman–Crippen LogP) is -1.14. The number of nitrogens with one attached hydrogen (secondary N) is 1. The molecule has 0 spiro atoms. The molecule has 1 heterocycles. The van der Waals surface area contributed by atoms with Crippen LogP contribution in [0.5, 0.6) is 0 Å². The lowest BCUT2D eigenvalue weighted by molar-refractivity contribution is -0.146. The van der Waals surface area contributed by atoms with Gasteiger partial charge in [-0.15, -0.1) is 0 Å². The molecule has 104 valence electrons. The first-order valence-corrected chi connectivity index (χ1v) is 5.62. The van der Waals surface area contributed by atoms with Crippen LogP contribution in [0.1, 0.15) is 13.8 Å². The third kappa shape index (κ3) is 4.09. The highest BCUT2D eigenvalue weighted by atomic mass is 16.4. The number of aromatic nitrogens is 2. The molecule has 2 N–H and O–H groups in total. The van der Waals surface area contributed by atoms with E-state index >= 15 is 0 Å². The minimum Gasteiger partial charge on any atom is -0.480 e. The number of amides is 1. The zero-order valence-corrected chi connectivity index (χ0v) is 10.6. The molecule has 0 unspecified atom stereocenters. The Morgan fingerprint density at radius 2 is 2.00 bits per heavy atom. The molecule has 8 nitrogen and oxygen atoms in total. The molecule has 0 bridgehead atoms. The maximum atomic E-state index is 11.9. The highest BCUT2D eigenvalue weighted by molar-refractivity contribution is 5.81. The molecule has 0 atom stereocenters. The molecule has 1 amide bonds. The minimum absolute atomic E-state index is 0.324. The molecule has 8 heteroatoms. The van der Waals surface area contributed by atoms with Crippen LogP contribution in [0.3, 0.4) is 0 Å². The molecule has 19 heavy (non-hydrogen) atoms. The van der Waals surface area contributed by atoms with Gasteiger partial charge in [0.15, 0.2) is 0 Å². The Balaban J connectivity index is 2.93. The summed E-state index contributed by atoms with van der Waals surface area (Å²) in [4.78, 5) is 46.2. The van der Waals surface area contributed by atoms with Crippen LogP contribution in [0.25, 0.3) is 0 Å². The van der Waals surface area contributed by atoms with Gasteiger partial charge in [0.2, 0.25) is 5.91 Å². The van der Waals surface area contributed by atoms with Crippen molar-refractivity contribution in [1.29, 1.82) is 0 Å². The lowest BCUT2D eigenvalue weighted by atomic mass is 10.3. The molecule has 0 radical (unpaired) electrons. The van der Waals surface area contributed by atoms with Crippen molar-refractivity contribution in [3.8, 4) is 0 Å². The molecular formula is C11H15N3O5. The first kappa shape index (κ1) is 14.7. The predicted molar refractivity (Wildman–Crippen MR) is 65.8 cm³/mol. The van der Waals surface area contributed by atoms with Gasteiger partial charge in [-0.1, -0.05) is 0 Å². The fraction of sp³-hybridized carbons (Fsp3) is 0.455. The number of nitrogens with zero attached hydrogens (tertiary/aromatic N) is 2. The summed E-state index contributed by atoms with van der Waals surface area (Å²) in [5, 5.41) is 10.9. The SMILES string of the molecule is CC(C)N(CC(=O)O)C(=O)Cn1[nH]c(=O)ccc1=O. The normalized spacial score (nSPS) is 10.5. The lowest BCUT2D eigenvalue weighted by Gasteiger charge is -2.24. The van der Waals surface area contributed by atoms with Crippen LogP contribution < -0.4 is 11.1 Å². The fourth-order valence-electron chi connectivity index (χ4n) is 1.51. The second-order valence-corrected chi connectivity index (χ2v) is 4.24. The van der Waals surface area contributed by atoms with E-state index in [1.807, 2.05) is 0 Å². The van der Waals surface area contributed by atoms with Gasteiger partial charge >= 0.3 is 5.97 Å². The smallest absolute Gasteiger partial charge is 0.323 e. The number of hydrogen-bond donors (Lipinski definition) is 2. The highest BCUT2D eigenvalue weighted by Crippen LogP contribution is 1.99. The molecule has 0 aliphatic rings. The summed E-state index contributed by atoms with van der Waals surface area (Å²) < 4.78 is 0.849. The van der Waals surface area contributed by atoms with E-state index < -0.39 is 36.1 Å². The van der Waals surface area contributed by atoms with Gasteiger partial charge in [-0.3, -0.25) is 24.3 Å². The highest BCUT2D eigenvalue weighted by Gasteiger charge is 2.20. The van der Waals surface area contributed by atoms with Gasteiger partial charge in [-0.2, -0.15) is 0 Å². The van der Waals surface area contributed by atoms with Gasteiger partial charge in [0.05, 0.1) is 0 Å². The van der Waals surface area contributed by atoms with E-state index in [4.69, 9.17) is 5.11 Å². The number of carbonyl (C=O) groups is 2. The van der Waals surface area contributed by atoms with Crippen LogP contribution in [0, 0.1) is 0 Å². The summed E-state index contributed by atoms with van der Waals surface area (Å²) in [6.07, 6.45) is 0. The van der Waals surface area contributed by atoms with E-state index in [0.29, 0.717) is 0 Å². The van der Waals surface area contributed by atoms with Gasteiger partial charge in [0.1, 0.15) is 13.1 Å². The Morgan fingerprint density at radius 1 is 1.37 bits per heavy atom. The van der Waals surface area contributed by atoms with E-state index in [2.05, 4.69) is 5.10 Å². The van der Waals surface area contributed by atoms with Crippen molar-refractivity contribution in [3.63, 3.8) is 0 Å². The molecule has 0 saturated carbocycles.